The number of aliphatic hydroxyl groups is 1. The van der Waals surface area contributed by atoms with E-state index in [0.29, 0.717) is 0 Å². The Labute approximate surface area is 88.6 Å². The number of aliphatic hydroxyl groups excluding tert-OH is 1. The molecule has 4 nitrogen and oxygen atoms in total. The topological polar surface area (TPSA) is 69.6 Å². The van der Waals surface area contributed by atoms with Gasteiger partial charge in [-0.2, -0.15) is 0 Å². The summed E-state index contributed by atoms with van der Waals surface area (Å²) in [4.78, 5) is 10.9. The molecule has 0 spiro atoms. The minimum atomic E-state index is -0.958. The van der Waals surface area contributed by atoms with Crippen molar-refractivity contribution in [3.8, 4) is 0 Å². The SMILES string of the molecule is CNC(C(=O)O)C(CO)c1ccccc1. The fourth-order valence-corrected chi connectivity index (χ4v) is 1.60. The molecule has 4 heteroatoms. The van der Waals surface area contributed by atoms with Gasteiger partial charge in [0.15, 0.2) is 0 Å². The van der Waals surface area contributed by atoms with E-state index in [0.717, 1.165) is 5.56 Å². The van der Waals surface area contributed by atoms with Gasteiger partial charge in [0.25, 0.3) is 0 Å². The minimum absolute atomic E-state index is 0.193. The average Bonchev–Trinajstić information content (AvgIpc) is 2.26. The lowest BCUT2D eigenvalue weighted by Crippen LogP contribution is -2.40. The van der Waals surface area contributed by atoms with E-state index in [1.54, 1.807) is 7.05 Å². The maximum Gasteiger partial charge on any atom is 0.321 e. The van der Waals surface area contributed by atoms with E-state index in [4.69, 9.17) is 5.11 Å². The summed E-state index contributed by atoms with van der Waals surface area (Å²) in [6, 6.07) is 8.37. The summed E-state index contributed by atoms with van der Waals surface area (Å²) < 4.78 is 0. The van der Waals surface area contributed by atoms with Gasteiger partial charge in [0.05, 0.1) is 6.61 Å². The molecular formula is C11H15NO3. The van der Waals surface area contributed by atoms with Crippen molar-refractivity contribution in [3.05, 3.63) is 35.9 Å². The highest BCUT2D eigenvalue weighted by atomic mass is 16.4. The molecule has 0 heterocycles. The van der Waals surface area contributed by atoms with Crippen LogP contribution in [0.1, 0.15) is 11.5 Å². The molecule has 0 amide bonds. The highest BCUT2D eigenvalue weighted by Crippen LogP contribution is 2.19. The molecule has 1 aromatic rings. The monoisotopic (exact) mass is 209 g/mol. The van der Waals surface area contributed by atoms with Gasteiger partial charge in [-0.1, -0.05) is 30.3 Å². The van der Waals surface area contributed by atoms with Crippen LogP contribution in [0.2, 0.25) is 0 Å². The van der Waals surface area contributed by atoms with E-state index in [2.05, 4.69) is 5.32 Å². The van der Waals surface area contributed by atoms with Crippen molar-refractivity contribution in [1.82, 2.24) is 5.32 Å². The fourth-order valence-electron chi connectivity index (χ4n) is 1.60. The first-order valence-corrected chi connectivity index (χ1v) is 4.76. The minimum Gasteiger partial charge on any atom is -0.480 e. The Morgan fingerprint density at radius 2 is 2.00 bits per heavy atom. The number of aliphatic carboxylic acids is 1. The molecule has 0 aliphatic heterocycles. The molecule has 2 atom stereocenters. The van der Waals surface area contributed by atoms with Crippen LogP contribution in [0, 0.1) is 0 Å². The zero-order valence-electron chi connectivity index (χ0n) is 8.55. The van der Waals surface area contributed by atoms with Crippen molar-refractivity contribution in [3.63, 3.8) is 0 Å². The first kappa shape index (κ1) is 11.7. The summed E-state index contributed by atoms with van der Waals surface area (Å²) in [5.41, 5.74) is 0.821. The van der Waals surface area contributed by atoms with Gasteiger partial charge in [-0.3, -0.25) is 4.79 Å². The number of carbonyl (C=O) groups is 1. The second-order valence-electron chi connectivity index (χ2n) is 3.30. The van der Waals surface area contributed by atoms with E-state index in [-0.39, 0.29) is 6.61 Å². The largest absolute Gasteiger partial charge is 0.480 e. The molecule has 82 valence electrons. The standard InChI is InChI=1S/C11H15NO3/c1-12-10(11(14)15)9(7-13)8-5-3-2-4-6-8/h2-6,9-10,12-13H,7H2,1H3,(H,14,15). The zero-order valence-corrected chi connectivity index (χ0v) is 8.55. The lowest BCUT2D eigenvalue weighted by molar-refractivity contribution is -0.140. The summed E-state index contributed by atoms with van der Waals surface area (Å²) in [7, 11) is 1.57. The van der Waals surface area contributed by atoms with Crippen molar-refractivity contribution >= 4 is 5.97 Å². The highest BCUT2D eigenvalue weighted by molar-refractivity contribution is 5.75. The molecule has 0 aliphatic carbocycles. The Bertz CT molecular complexity index is 313. The van der Waals surface area contributed by atoms with Crippen LogP contribution in [0.25, 0.3) is 0 Å². The van der Waals surface area contributed by atoms with E-state index in [1.165, 1.54) is 0 Å². The fraction of sp³-hybridized carbons (Fsp3) is 0.364. The van der Waals surface area contributed by atoms with Crippen LogP contribution >= 0.6 is 0 Å². The van der Waals surface area contributed by atoms with Crippen LogP contribution in [0.3, 0.4) is 0 Å². The number of nitrogens with one attached hydrogen (secondary N) is 1. The van der Waals surface area contributed by atoms with Gasteiger partial charge < -0.3 is 15.5 Å². The maximum absolute atomic E-state index is 10.9. The second kappa shape index (κ2) is 5.48. The van der Waals surface area contributed by atoms with Crippen LogP contribution in [0.4, 0.5) is 0 Å². The van der Waals surface area contributed by atoms with E-state index in [9.17, 15) is 9.90 Å². The molecule has 3 N–H and O–H groups in total. The molecule has 0 aliphatic rings. The van der Waals surface area contributed by atoms with Crippen LogP contribution in [-0.2, 0) is 4.79 Å². The van der Waals surface area contributed by atoms with Crippen molar-refractivity contribution in [2.75, 3.05) is 13.7 Å². The zero-order chi connectivity index (χ0) is 11.3. The Morgan fingerprint density at radius 3 is 2.40 bits per heavy atom. The van der Waals surface area contributed by atoms with Gasteiger partial charge in [-0.05, 0) is 12.6 Å². The number of hydrogen-bond donors (Lipinski definition) is 3. The summed E-state index contributed by atoms with van der Waals surface area (Å²) >= 11 is 0. The number of likely N-dealkylation sites (N-methyl/N-ethyl adjacent to an activating group) is 1. The molecule has 0 bridgehead atoms. The van der Waals surface area contributed by atoms with Gasteiger partial charge >= 0.3 is 5.97 Å². The number of benzene rings is 1. The first-order valence-electron chi connectivity index (χ1n) is 4.76. The lowest BCUT2D eigenvalue weighted by atomic mass is 9.92. The van der Waals surface area contributed by atoms with Crippen molar-refractivity contribution in [2.45, 2.75) is 12.0 Å². The average molecular weight is 209 g/mol. The van der Waals surface area contributed by atoms with E-state index in [1.807, 2.05) is 30.3 Å². The molecular weight excluding hydrogens is 194 g/mol. The number of carboxylic acid groups (broad SMARTS) is 1. The first-order chi connectivity index (χ1) is 7.20. The molecule has 0 saturated carbocycles. The molecule has 2 unspecified atom stereocenters. The summed E-state index contributed by atoms with van der Waals surface area (Å²) in [6.07, 6.45) is 0. The molecule has 0 saturated heterocycles. The van der Waals surface area contributed by atoms with Gasteiger partial charge in [0.1, 0.15) is 6.04 Å². The van der Waals surface area contributed by atoms with E-state index < -0.39 is 17.9 Å². The predicted octanol–water partition coefficient (Wildman–Crippen LogP) is 0.435. The van der Waals surface area contributed by atoms with E-state index >= 15 is 0 Å². The molecule has 1 aromatic carbocycles. The molecule has 1 rings (SSSR count). The predicted molar refractivity (Wildman–Crippen MR) is 56.8 cm³/mol. The Kier molecular flexibility index (Phi) is 4.27. The summed E-state index contributed by atoms with van der Waals surface area (Å²) in [5, 5.41) is 20.9. The van der Waals surface area contributed by atoms with Crippen LogP contribution < -0.4 is 5.32 Å². The summed E-state index contributed by atoms with van der Waals surface area (Å²) in [6.45, 7) is -0.193. The normalized spacial score (nSPS) is 14.5. The van der Waals surface area contributed by atoms with Crippen molar-refractivity contribution in [2.24, 2.45) is 0 Å². The Hall–Kier alpha value is -1.39. The van der Waals surface area contributed by atoms with Crippen molar-refractivity contribution in [1.29, 1.82) is 0 Å². The third-order valence-electron chi connectivity index (χ3n) is 2.40. The molecule has 0 fully saturated rings. The van der Waals surface area contributed by atoms with Crippen LogP contribution in [0.5, 0.6) is 0 Å². The number of carboxylic acids is 1. The van der Waals surface area contributed by atoms with Crippen LogP contribution in [-0.4, -0.2) is 35.9 Å². The highest BCUT2D eigenvalue weighted by Gasteiger charge is 2.27. The van der Waals surface area contributed by atoms with Crippen molar-refractivity contribution < 1.29 is 15.0 Å². The lowest BCUT2D eigenvalue weighted by Gasteiger charge is -2.21. The Balaban J connectivity index is 2.92. The Morgan fingerprint density at radius 1 is 1.40 bits per heavy atom. The van der Waals surface area contributed by atoms with Crippen LogP contribution in [0.15, 0.2) is 30.3 Å². The van der Waals surface area contributed by atoms with Gasteiger partial charge in [-0.25, -0.2) is 0 Å². The van der Waals surface area contributed by atoms with Gasteiger partial charge in [0, 0.05) is 5.92 Å². The maximum atomic E-state index is 10.9. The van der Waals surface area contributed by atoms with Gasteiger partial charge in [-0.15, -0.1) is 0 Å². The molecule has 0 aromatic heterocycles. The number of rotatable bonds is 5. The third kappa shape index (κ3) is 2.78. The molecule has 15 heavy (non-hydrogen) atoms. The quantitative estimate of drug-likeness (QED) is 0.658. The number of hydrogen-bond acceptors (Lipinski definition) is 3. The third-order valence-corrected chi connectivity index (χ3v) is 2.40. The summed E-state index contributed by atoms with van der Waals surface area (Å²) in [5.74, 6) is -1.38. The molecule has 0 radical (unpaired) electrons. The second-order valence-corrected chi connectivity index (χ2v) is 3.30. The smallest absolute Gasteiger partial charge is 0.321 e. The van der Waals surface area contributed by atoms with Gasteiger partial charge in [0.2, 0.25) is 0 Å².